The van der Waals surface area contributed by atoms with Gasteiger partial charge in [0.2, 0.25) is 0 Å². The monoisotopic (exact) mass is 238 g/mol. The largest absolute Gasteiger partial charge is 0.0683 e. The molecule has 6 atom stereocenters. The van der Waals surface area contributed by atoms with Gasteiger partial charge in [-0.1, -0.05) is 48.5 Å². The van der Waals surface area contributed by atoms with E-state index in [9.17, 15) is 0 Å². The van der Waals surface area contributed by atoms with Crippen molar-refractivity contribution in [3.05, 3.63) is 0 Å². The summed E-state index contributed by atoms with van der Waals surface area (Å²) in [4.78, 5) is 0. The van der Waals surface area contributed by atoms with E-state index >= 15 is 0 Å². The van der Waals surface area contributed by atoms with E-state index in [0.717, 1.165) is 41.4 Å². The number of hydrogen-bond acceptors (Lipinski definition) is 0. The van der Waals surface area contributed by atoms with Gasteiger partial charge in [-0.25, -0.2) is 0 Å². The lowest BCUT2D eigenvalue weighted by atomic mass is 9.65. The van der Waals surface area contributed by atoms with E-state index in [4.69, 9.17) is 0 Å². The number of hydrogen-bond donors (Lipinski definition) is 0. The van der Waals surface area contributed by atoms with E-state index in [2.05, 4.69) is 34.6 Å². The summed E-state index contributed by atoms with van der Waals surface area (Å²) in [5, 5.41) is 0. The predicted molar refractivity (Wildman–Crippen MR) is 78.0 cm³/mol. The fourth-order valence-corrected chi connectivity index (χ4v) is 4.51. The maximum atomic E-state index is 2.50. The minimum atomic E-state index is 0.896. The Bertz CT molecular complexity index is 218. The maximum Gasteiger partial charge on any atom is -0.0355 e. The van der Waals surface area contributed by atoms with Crippen LogP contribution in [0.4, 0.5) is 0 Å². The lowest BCUT2D eigenvalue weighted by molar-refractivity contribution is 0.0933. The first-order chi connectivity index (χ1) is 8.00. The van der Waals surface area contributed by atoms with Gasteiger partial charge in [-0.3, -0.25) is 0 Å². The minimum Gasteiger partial charge on any atom is -0.0683 e. The van der Waals surface area contributed by atoms with E-state index in [1.165, 1.54) is 19.3 Å². The molecule has 0 radical (unpaired) electrons. The average Bonchev–Trinajstić information content (AvgIpc) is 2.57. The molecule has 0 aromatic carbocycles. The van der Waals surface area contributed by atoms with Gasteiger partial charge in [0.25, 0.3) is 0 Å². The van der Waals surface area contributed by atoms with Gasteiger partial charge in [-0.15, -0.1) is 0 Å². The molecule has 0 aliphatic heterocycles. The van der Waals surface area contributed by atoms with Crippen molar-refractivity contribution < 1.29 is 0 Å². The molecule has 0 N–H and O–H groups in total. The lowest BCUT2D eigenvalue weighted by Crippen LogP contribution is -2.32. The van der Waals surface area contributed by atoms with Crippen LogP contribution >= 0.6 is 0 Å². The summed E-state index contributed by atoms with van der Waals surface area (Å²) in [6, 6.07) is 0. The second-order valence-corrected chi connectivity index (χ2v) is 6.85. The molecule has 0 saturated heterocycles. The summed E-state index contributed by atoms with van der Waals surface area (Å²) in [5.41, 5.74) is 0. The molecule has 2 rings (SSSR count). The Kier molecular flexibility index (Phi) is 5.54. The van der Waals surface area contributed by atoms with Gasteiger partial charge in [0.05, 0.1) is 0 Å². The third-order valence-electron chi connectivity index (χ3n) is 5.66. The molecular formula is C17H34. The molecule has 17 heavy (non-hydrogen) atoms. The normalized spacial score (nSPS) is 45.2. The lowest BCUT2D eigenvalue weighted by Gasteiger charge is -2.40. The molecule has 0 heterocycles. The smallest absolute Gasteiger partial charge is 0.0355 e. The van der Waals surface area contributed by atoms with Crippen molar-refractivity contribution in [1.82, 2.24) is 0 Å². The van der Waals surface area contributed by atoms with Gasteiger partial charge in [-0.05, 0) is 60.7 Å². The van der Waals surface area contributed by atoms with E-state index in [1.54, 1.807) is 0 Å². The van der Waals surface area contributed by atoms with Crippen LogP contribution in [0.15, 0.2) is 0 Å². The van der Waals surface area contributed by atoms with Crippen molar-refractivity contribution in [1.29, 1.82) is 0 Å². The second kappa shape index (κ2) is 6.25. The van der Waals surface area contributed by atoms with Crippen LogP contribution in [-0.2, 0) is 0 Å². The van der Waals surface area contributed by atoms with Crippen LogP contribution in [0, 0.1) is 41.4 Å². The highest BCUT2D eigenvalue weighted by atomic mass is 14.5. The Labute approximate surface area is 110 Å². The highest BCUT2D eigenvalue weighted by molar-refractivity contribution is 4.94. The molecule has 0 bridgehead atoms. The van der Waals surface area contributed by atoms with Crippen molar-refractivity contribution in [2.24, 2.45) is 41.4 Å². The zero-order valence-electron chi connectivity index (χ0n) is 13.2. The van der Waals surface area contributed by atoms with E-state index < -0.39 is 0 Å². The zero-order chi connectivity index (χ0) is 13.2. The zero-order valence-corrected chi connectivity index (χ0v) is 13.2. The fourth-order valence-electron chi connectivity index (χ4n) is 4.51. The standard InChI is InChI=1S/C15H28.C2H6/c1-9(2)14-8-13-6-10(3)12(5)15(13)7-11(14)4;1-2/h9-15H,6-8H2,1-5H3;1-2H3. The second-order valence-electron chi connectivity index (χ2n) is 6.85. The van der Waals surface area contributed by atoms with Crippen LogP contribution in [0.3, 0.4) is 0 Å². The number of rotatable bonds is 1. The van der Waals surface area contributed by atoms with E-state index in [0.29, 0.717) is 0 Å². The minimum absolute atomic E-state index is 0.896. The summed E-state index contributed by atoms with van der Waals surface area (Å²) in [5.74, 6) is 6.97. The van der Waals surface area contributed by atoms with Crippen LogP contribution in [0.1, 0.15) is 67.7 Å². The molecule has 0 spiro atoms. The molecular weight excluding hydrogens is 204 g/mol. The summed E-state index contributed by atoms with van der Waals surface area (Å²) in [6.45, 7) is 16.3. The Morgan fingerprint density at radius 2 is 1.41 bits per heavy atom. The molecule has 0 nitrogen and oxygen atoms in total. The quantitative estimate of drug-likeness (QED) is 0.556. The van der Waals surface area contributed by atoms with Gasteiger partial charge in [-0.2, -0.15) is 0 Å². The van der Waals surface area contributed by atoms with Crippen LogP contribution in [0.25, 0.3) is 0 Å². The molecule has 102 valence electrons. The van der Waals surface area contributed by atoms with Crippen LogP contribution in [-0.4, -0.2) is 0 Å². The Morgan fingerprint density at radius 1 is 0.824 bits per heavy atom. The van der Waals surface area contributed by atoms with Crippen molar-refractivity contribution in [3.8, 4) is 0 Å². The van der Waals surface area contributed by atoms with Crippen LogP contribution in [0.2, 0.25) is 0 Å². The highest BCUT2D eigenvalue weighted by Gasteiger charge is 2.44. The molecule has 6 unspecified atom stereocenters. The summed E-state index contributed by atoms with van der Waals surface area (Å²) in [6.07, 6.45) is 4.55. The molecule has 0 aromatic heterocycles. The molecule has 0 amide bonds. The molecule has 2 saturated carbocycles. The topological polar surface area (TPSA) is 0 Å². The molecule has 0 heteroatoms. The Morgan fingerprint density at radius 3 is 1.94 bits per heavy atom. The number of fused-ring (bicyclic) bond motifs is 1. The van der Waals surface area contributed by atoms with Crippen molar-refractivity contribution >= 4 is 0 Å². The van der Waals surface area contributed by atoms with Crippen LogP contribution < -0.4 is 0 Å². The van der Waals surface area contributed by atoms with Gasteiger partial charge < -0.3 is 0 Å². The first kappa shape index (κ1) is 15.1. The van der Waals surface area contributed by atoms with Gasteiger partial charge in [0, 0.05) is 0 Å². The van der Waals surface area contributed by atoms with E-state index in [1.807, 2.05) is 13.8 Å². The SMILES string of the molecule is CC.CC(C)C1CC2CC(C)C(C)C2CC1C. The molecule has 2 fully saturated rings. The Hall–Kier alpha value is 0. The molecule has 0 aromatic rings. The predicted octanol–water partition coefficient (Wildman–Crippen LogP) is 5.62. The fraction of sp³-hybridized carbons (Fsp3) is 1.00. The third kappa shape index (κ3) is 3.06. The Balaban J connectivity index is 0.000000686. The first-order valence-electron chi connectivity index (χ1n) is 8.00. The summed E-state index contributed by atoms with van der Waals surface area (Å²) < 4.78 is 0. The van der Waals surface area contributed by atoms with Gasteiger partial charge in [0.15, 0.2) is 0 Å². The van der Waals surface area contributed by atoms with Gasteiger partial charge >= 0.3 is 0 Å². The van der Waals surface area contributed by atoms with E-state index in [-0.39, 0.29) is 0 Å². The molecule has 2 aliphatic rings. The van der Waals surface area contributed by atoms with Crippen molar-refractivity contribution in [2.45, 2.75) is 67.7 Å². The third-order valence-corrected chi connectivity index (χ3v) is 5.66. The molecule has 2 aliphatic carbocycles. The van der Waals surface area contributed by atoms with Crippen molar-refractivity contribution in [3.63, 3.8) is 0 Å². The average molecular weight is 238 g/mol. The summed E-state index contributed by atoms with van der Waals surface area (Å²) in [7, 11) is 0. The first-order valence-corrected chi connectivity index (χ1v) is 8.00. The highest BCUT2D eigenvalue weighted by Crippen LogP contribution is 2.52. The summed E-state index contributed by atoms with van der Waals surface area (Å²) >= 11 is 0. The van der Waals surface area contributed by atoms with Crippen LogP contribution in [0.5, 0.6) is 0 Å². The van der Waals surface area contributed by atoms with Gasteiger partial charge in [0.1, 0.15) is 0 Å². The maximum absolute atomic E-state index is 2.50. The van der Waals surface area contributed by atoms with Crippen molar-refractivity contribution in [2.75, 3.05) is 0 Å².